The van der Waals surface area contributed by atoms with Crippen molar-refractivity contribution in [3.8, 4) is 0 Å². The van der Waals surface area contributed by atoms with E-state index in [1.807, 2.05) is 38.5 Å². The molecular formula is C17H22N2O. The highest BCUT2D eigenvalue weighted by Gasteiger charge is 2.32. The molecule has 2 rings (SSSR count). The molecule has 0 fully saturated rings. The van der Waals surface area contributed by atoms with Crippen molar-refractivity contribution >= 4 is 5.78 Å². The zero-order valence-electron chi connectivity index (χ0n) is 13.1. The molecule has 0 saturated carbocycles. The fourth-order valence-electron chi connectivity index (χ4n) is 2.57. The molecule has 3 heteroatoms. The Hall–Kier alpha value is -1.90. The van der Waals surface area contributed by atoms with Gasteiger partial charge in [0.2, 0.25) is 0 Å². The van der Waals surface area contributed by atoms with Gasteiger partial charge in [0.1, 0.15) is 5.54 Å². The van der Waals surface area contributed by atoms with E-state index in [-0.39, 0.29) is 5.78 Å². The number of hydrogen-bond donors (Lipinski definition) is 0. The molecule has 2 aromatic rings. The molecule has 0 unspecified atom stereocenters. The molecule has 1 aromatic heterocycles. The molecule has 106 valence electrons. The lowest BCUT2D eigenvalue weighted by Gasteiger charge is -2.27. The van der Waals surface area contributed by atoms with Crippen LogP contribution >= 0.6 is 0 Å². The number of aromatic nitrogens is 2. The van der Waals surface area contributed by atoms with Crippen molar-refractivity contribution in [3.63, 3.8) is 0 Å². The van der Waals surface area contributed by atoms with Gasteiger partial charge in [0.05, 0.1) is 6.33 Å². The van der Waals surface area contributed by atoms with Gasteiger partial charge in [-0.1, -0.05) is 6.07 Å². The van der Waals surface area contributed by atoms with E-state index in [2.05, 4.69) is 24.9 Å². The monoisotopic (exact) mass is 270 g/mol. The minimum Gasteiger partial charge on any atom is -0.324 e. The number of hydrogen-bond acceptors (Lipinski definition) is 2. The predicted molar refractivity (Wildman–Crippen MR) is 81.3 cm³/mol. The maximum absolute atomic E-state index is 13.1. The second kappa shape index (κ2) is 4.89. The van der Waals surface area contributed by atoms with Crippen molar-refractivity contribution in [1.29, 1.82) is 0 Å². The van der Waals surface area contributed by atoms with Crippen molar-refractivity contribution in [2.45, 2.75) is 47.1 Å². The maximum atomic E-state index is 13.1. The Labute approximate surface area is 120 Å². The Morgan fingerprint density at radius 3 is 2.10 bits per heavy atom. The maximum Gasteiger partial charge on any atom is 0.188 e. The largest absolute Gasteiger partial charge is 0.324 e. The molecule has 0 aliphatic carbocycles. The normalized spacial score (nSPS) is 11.7. The Balaban J connectivity index is 2.60. The Morgan fingerprint density at radius 2 is 1.65 bits per heavy atom. The van der Waals surface area contributed by atoms with Crippen molar-refractivity contribution in [3.05, 3.63) is 52.6 Å². The fourth-order valence-corrected chi connectivity index (χ4v) is 2.57. The minimum atomic E-state index is -0.633. The Morgan fingerprint density at radius 1 is 1.10 bits per heavy atom. The minimum absolute atomic E-state index is 0.136. The molecule has 0 atom stereocenters. The van der Waals surface area contributed by atoms with Crippen LogP contribution in [-0.2, 0) is 5.54 Å². The van der Waals surface area contributed by atoms with E-state index in [0.29, 0.717) is 0 Å². The summed E-state index contributed by atoms with van der Waals surface area (Å²) in [6.45, 7) is 12.0. The number of aryl methyl sites for hydroxylation is 2. The Kier molecular flexibility index (Phi) is 3.55. The number of ketones is 1. The molecular weight excluding hydrogens is 248 g/mol. The van der Waals surface area contributed by atoms with Gasteiger partial charge in [0, 0.05) is 18.0 Å². The van der Waals surface area contributed by atoms with Gasteiger partial charge in [-0.05, 0) is 63.8 Å². The smallest absolute Gasteiger partial charge is 0.188 e. The van der Waals surface area contributed by atoms with Gasteiger partial charge in [-0.15, -0.1) is 0 Å². The first-order chi connectivity index (χ1) is 9.26. The van der Waals surface area contributed by atoms with Crippen molar-refractivity contribution in [2.75, 3.05) is 0 Å². The second-order valence-electron chi connectivity index (χ2n) is 5.99. The number of benzene rings is 1. The summed E-state index contributed by atoms with van der Waals surface area (Å²) in [6, 6.07) is 2.14. The lowest BCUT2D eigenvalue weighted by atomic mass is 9.84. The zero-order chi connectivity index (χ0) is 15.1. The summed E-state index contributed by atoms with van der Waals surface area (Å²) in [7, 11) is 0. The topological polar surface area (TPSA) is 34.9 Å². The summed E-state index contributed by atoms with van der Waals surface area (Å²) in [5.41, 5.74) is 4.70. The summed E-state index contributed by atoms with van der Waals surface area (Å²) in [4.78, 5) is 17.1. The summed E-state index contributed by atoms with van der Waals surface area (Å²) in [5, 5.41) is 0. The molecule has 20 heavy (non-hydrogen) atoms. The van der Waals surface area contributed by atoms with E-state index in [4.69, 9.17) is 0 Å². The highest BCUT2D eigenvalue weighted by molar-refractivity contribution is 6.04. The van der Waals surface area contributed by atoms with Crippen LogP contribution in [0.25, 0.3) is 0 Å². The van der Waals surface area contributed by atoms with Crippen molar-refractivity contribution in [1.82, 2.24) is 9.55 Å². The third kappa shape index (κ3) is 2.17. The quantitative estimate of drug-likeness (QED) is 0.796. The van der Waals surface area contributed by atoms with E-state index in [9.17, 15) is 4.79 Å². The number of imidazole rings is 1. The highest BCUT2D eigenvalue weighted by atomic mass is 16.1. The number of rotatable bonds is 3. The van der Waals surface area contributed by atoms with E-state index in [1.165, 1.54) is 0 Å². The van der Waals surface area contributed by atoms with Crippen LogP contribution in [0.15, 0.2) is 24.8 Å². The van der Waals surface area contributed by atoms with Gasteiger partial charge in [0.25, 0.3) is 0 Å². The molecule has 0 spiro atoms. The lowest BCUT2D eigenvalue weighted by Crippen LogP contribution is -2.36. The van der Waals surface area contributed by atoms with Crippen LogP contribution in [0.3, 0.4) is 0 Å². The lowest BCUT2D eigenvalue weighted by molar-refractivity contribution is 0.0846. The summed E-state index contributed by atoms with van der Waals surface area (Å²) < 4.78 is 1.87. The van der Waals surface area contributed by atoms with Gasteiger partial charge in [-0.25, -0.2) is 4.98 Å². The molecule has 0 N–H and O–H groups in total. The molecule has 0 aliphatic heterocycles. The van der Waals surface area contributed by atoms with Crippen molar-refractivity contribution < 1.29 is 4.79 Å². The van der Waals surface area contributed by atoms with Gasteiger partial charge >= 0.3 is 0 Å². The SMILES string of the molecule is Cc1cc(C)c(C)c(C(=O)C(C)(C)n2ccnc2)c1C. The molecule has 3 nitrogen and oxygen atoms in total. The standard InChI is InChI=1S/C17H22N2O/c1-11-9-12(2)14(4)15(13(11)3)16(20)17(5,6)19-8-7-18-10-19/h7-10H,1-6H3. The third-order valence-electron chi connectivity index (χ3n) is 4.30. The third-order valence-corrected chi connectivity index (χ3v) is 4.30. The summed E-state index contributed by atoms with van der Waals surface area (Å²) in [5.74, 6) is 0.136. The van der Waals surface area contributed by atoms with Crippen LogP contribution in [-0.4, -0.2) is 15.3 Å². The average molecular weight is 270 g/mol. The van der Waals surface area contributed by atoms with E-state index >= 15 is 0 Å². The predicted octanol–water partition coefficient (Wildman–Crippen LogP) is 3.73. The molecule has 0 bridgehead atoms. The number of nitrogens with zero attached hydrogens (tertiary/aromatic N) is 2. The highest BCUT2D eigenvalue weighted by Crippen LogP contribution is 2.28. The molecule has 1 aromatic carbocycles. The van der Waals surface area contributed by atoms with E-state index in [1.54, 1.807) is 12.5 Å². The van der Waals surface area contributed by atoms with Crippen LogP contribution in [0.4, 0.5) is 0 Å². The van der Waals surface area contributed by atoms with Crippen molar-refractivity contribution in [2.24, 2.45) is 0 Å². The number of Topliss-reactive ketones (excluding diaryl/α,β-unsaturated/α-hetero) is 1. The van der Waals surface area contributed by atoms with E-state index < -0.39 is 5.54 Å². The fraction of sp³-hybridized carbons (Fsp3) is 0.412. The van der Waals surface area contributed by atoms with Gasteiger partial charge in [-0.3, -0.25) is 4.79 Å². The van der Waals surface area contributed by atoms with Crippen LogP contribution in [0.1, 0.15) is 46.5 Å². The Bertz CT molecular complexity index is 626. The van der Waals surface area contributed by atoms with Crippen LogP contribution < -0.4 is 0 Å². The van der Waals surface area contributed by atoms with Gasteiger partial charge in [0.15, 0.2) is 5.78 Å². The summed E-state index contributed by atoms with van der Waals surface area (Å²) in [6.07, 6.45) is 5.24. The molecule has 1 heterocycles. The molecule has 0 aliphatic rings. The average Bonchev–Trinajstić information content (AvgIpc) is 2.91. The second-order valence-corrected chi connectivity index (χ2v) is 5.99. The number of carbonyl (C=O) groups excluding carboxylic acids is 1. The number of carbonyl (C=O) groups is 1. The first-order valence-corrected chi connectivity index (χ1v) is 6.87. The van der Waals surface area contributed by atoms with Crippen LogP contribution in [0, 0.1) is 27.7 Å². The molecule has 0 saturated heterocycles. The van der Waals surface area contributed by atoms with Crippen LogP contribution in [0.2, 0.25) is 0 Å². The molecule has 0 amide bonds. The molecule has 0 radical (unpaired) electrons. The first kappa shape index (κ1) is 14.5. The first-order valence-electron chi connectivity index (χ1n) is 6.87. The summed E-state index contributed by atoms with van der Waals surface area (Å²) >= 11 is 0. The van der Waals surface area contributed by atoms with E-state index in [0.717, 1.165) is 27.8 Å². The van der Waals surface area contributed by atoms with Crippen LogP contribution in [0.5, 0.6) is 0 Å². The zero-order valence-corrected chi connectivity index (χ0v) is 13.1. The van der Waals surface area contributed by atoms with Gasteiger partial charge in [-0.2, -0.15) is 0 Å². The van der Waals surface area contributed by atoms with Gasteiger partial charge < -0.3 is 4.57 Å².